The van der Waals surface area contributed by atoms with Crippen molar-refractivity contribution in [2.75, 3.05) is 13.1 Å². The van der Waals surface area contributed by atoms with Gasteiger partial charge in [0.15, 0.2) is 0 Å². The minimum atomic E-state index is -0.592. The molecule has 1 aromatic carbocycles. The molecule has 0 aliphatic carbocycles. The van der Waals surface area contributed by atoms with Crippen molar-refractivity contribution in [3.63, 3.8) is 0 Å². The summed E-state index contributed by atoms with van der Waals surface area (Å²) in [6.45, 7) is 2.53. The zero-order valence-corrected chi connectivity index (χ0v) is 16.6. The molecule has 8 nitrogen and oxygen atoms in total. The Morgan fingerprint density at radius 1 is 1.28 bits per heavy atom. The van der Waals surface area contributed by atoms with E-state index in [9.17, 15) is 14.4 Å². The van der Waals surface area contributed by atoms with E-state index in [0.29, 0.717) is 25.1 Å². The average Bonchev–Trinajstić information content (AvgIpc) is 3.30. The number of piperidine rings is 1. The van der Waals surface area contributed by atoms with Gasteiger partial charge in [0.05, 0.1) is 5.54 Å². The number of imide groups is 1. The molecule has 1 atom stereocenters. The third kappa shape index (κ3) is 3.06. The highest BCUT2D eigenvalue weighted by molar-refractivity contribution is 7.09. The average molecular weight is 411 g/mol. The van der Waals surface area contributed by atoms with E-state index < -0.39 is 6.04 Å². The van der Waals surface area contributed by atoms with Gasteiger partial charge in [-0.3, -0.25) is 25.0 Å². The number of thiazole rings is 1. The van der Waals surface area contributed by atoms with E-state index >= 15 is 0 Å². The number of hydrogen-bond donors (Lipinski definition) is 3. The Morgan fingerprint density at radius 3 is 2.83 bits per heavy atom. The number of carbonyl (C=O) groups is 3. The summed E-state index contributed by atoms with van der Waals surface area (Å²) in [6, 6.07) is 5.25. The van der Waals surface area contributed by atoms with E-state index in [2.05, 4.69) is 20.9 Å². The van der Waals surface area contributed by atoms with Gasteiger partial charge in [-0.05, 0) is 17.5 Å². The first-order chi connectivity index (χ1) is 14.1. The molecule has 3 aliphatic rings. The van der Waals surface area contributed by atoms with Crippen LogP contribution in [-0.2, 0) is 28.2 Å². The molecule has 3 aliphatic heterocycles. The first kappa shape index (κ1) is 18.4. The molecule has 0 saturated carbocycles. The van der Waals surface area contributed by atoms with Crippen LogP contribution >= 0.6 is 11.3 Å². The Hall–Kier alpha value is -2.62. The zero-order valence-electron chi connectivity index (χ0n) is 15.7. The molecule has 3 amide bonds. The highest BCUT2D eigenvalue weighted by Gasteiger charge is 2.42. The molecule has 0 spiro atoms. The van der Waals surface area contributed by atoms with E-state index in [1.165, 1.54) is 0 Å². The van der Waals surface area contributed by atoms with Crippen LogP contribution in [-0.4, -0.2) is 46.7 Å². The lowest BCUT2D eigenvalue weighted by Crippen LogP contribution is -2.64. The number of amides is 3. The van der Waals surface area contributed by atoms with Crippen LogP contribution in [0.2, 0.25) is 0 Å². The zero-order chi connectivity index (χ0) is 20.0. The van der Waals surface area contributed by atoms with Gasteiger partial charge in [-0.15, -0.1) is 11.3 Å². The summed E-state index contributed by atoms with van der Waals surface area (Å²) in [5.41, 5.74) is 2.31. The lowest BCUT2D eigenvalue weighted by Gasteiger charge is -2.42. The highest BCUT2D eigenvalue weighted by Crippen LogP contribution is 2.32. The maximum atomic E-state index is 13.2. The van der Waals surface area contributed by atoms with Gasteiger partial charge in [-0.2, -0.15) is 0 Å². The fraction of sp³-hybridized carbons (Fsp3) is 0.400. The molecule has 2 aromatic rings. The molecule has 2 fully saturated rings. The number of fused-ring (bicyclic) bond motifs is 1. The number of rotatable bonds is 5. The molecule has 0 radical (unpaired) electrons. The monoisotopic (exact) mass is 411 g/mol. The van der Waals surface area contributed by atoms with Crippen LogP contribution in [0.15, 0.2) is 29.8 Å². The van der Waals surface area contributed by atoms with Gasteiger partial charge < -0.3 is 10.2 Å². The minimum Gasteiger partial charge on any atom is -0.322 e. The van der Waals surface area contributed by atoms with Gasteiger partial charge in [0.1, 0.15) is 11.0 Å². The van der Waals surface area contributed by atoms with Crippen molar-refractivity contribution < 1.29 is 14.4 Å². The molecule has 150 valence electrons. The van der Waals surface area contributed by atoms with Crippen LogP contribution in [0.3, 0.4) is 0 Å². The fourth-order valence-electron chi connectivity index (χ4n) is 4.29. The van der Waals surface area contributed by atoms with E-state index in [1.54, 1.807) is 16.2 Å². The molecular weight excluding hydrogens is 390 g/mol. The van der Waals surface area contributed by atoms with E-state index in [-0.39, 0.29) is 29.7 Å². The predicted octanol–water partition coefficient (Wildman–Crippen LogP) is 0.492. The Morgan fingerprint density at radius 2 is 2.14 bits per heavy atom. The summed E-state index contributed by atoms with van der Waals surface area (Å²) < 4.78 is 0. The second-order valence-corrected chi connectivity index (χ2v) is 8.62. The lowest BCUT2D eigenvalue weighted by atomic mass is 9.92. The SMILES string of the molecule is O=C1CCC(N2Cc3cccc(CNC4(c5nccs5)CNC4)c3C2=O)C(=O)N1. The third-order valence-electron chi connectivity index (χ3n) is 5.95. The number of nitrogens with zero attached hydrogens (tertiary/aromatic N) is 2. The normalized spacial score (nSPS) is 23.0. The minimum absolute atomic E-state index is 0.137. The Labute approximate surface area is 171 Å². The molecule has 29 heavy (non-hydrogen) atoms. The van der Waals surface area contributed by atoms with Crippen LogP contribution in [0.1, 0.15) is 39.3 Å². The van der Waals surface area contributed by atoms with Gasteiger partial charge >= 0.3 is 0 Å². The topological polar surface area (TPSA) is 103 Å². The first-order valence-corrected chi connectivity index (χ1v) is 10.6. The van der Waals surface area contributed by atoms with Gasteiger partial charge in [0.25, 0.3) is 5.91 Å². The molecule has 2 saturated heterocycles. The summed E-state index contributed by atoms with van der Waals surface area (Å²) >= 11 is 1.63. The van der Waals surface area contributed by atoms with Crippen molar-refractivity contribution in [1.29, 1.82) is 0 Å². The lowest BCUT2D eigenvalue weighted by molar-refractivity contribution is -0.136. The van der Waals surface area contributed by atoms with Crippen LogP contribution in [0.4, 0.5) is 0 Å². The molecule has 9 heteroatoms. The Kier molecular flexibility index (Phi) is 4.45. The number of carbonyl (C=O) groups excluding carboxylic acids is 3. The van der Waals surface area contributed by atoms with Gasteiger partial charge in [-0.25, -0.2) is 4.98 Å². The molecule has 1 aromatic heterocycles. The largest absolute Gasteiger partial charge is 0.322 e. The predicted molar refractivity (Wildman–Crippen MR) is 106 cm³/mol. The van der Waals surface area contributed by atoms with E-state index in [0.717, 1.165) is 29.2 Å². The summed E-state index contributed by atoms with van der Waals surface area (Å²) in [5, 5.41) is 12.3. The maximum Gasteiger partial charge on any atom is 0.255 e. The number of nitrogens with one attached hydrogen (secondary N) is 3. The Bertz CT molecular complexity index is 986. The van der Waals surface area contributed by atoms with Crippen LogP contribution in [0.5, 0.6) is 0 Å². The van der Waals surface area contributed by atoms with Gasteiger partial charge in [0.2, 0.25) is 11.8 Å². The molecule has 0 bridgehead atoms. The number of hydrogen-bond acceptors (Lipinski definition) is 7. The van der Waals surface area contributed by atoms with Crippen molar-refractivity contribution in [1.82, 2.24) is 25.8 Å². The highest BCUT2D eigenvalue weighted by atomic mass is 32.1. The smallest absolute Gasteiger partial charge is 0.255 e. The van der Waals surface area contributed by atoms with Gasteiger partial charge in [0, 0.05) is 49.7 Å². The second kappa shape index (κ2) is 7.01. The molecule has 1 unspecified atom stereocenters. The molecule has 4 heterocycles. The summed E-state index contributed by atoms with van der Waals surface area (Å²) in [6.07, 6.45) is 2.44. The second-order valence-electron chi connectivity index (χ2n) is 7.73. The molecule has 3 N–H and O–H groups in total. The van der Waals surface area contributed by atoms with Crippen LogP contribution in [0, 0.1) is 0 Å². The van der Waals surface area contributed by atoms with E-state index in [4.69, 9.17) is 0 Å². The Balaban J connectivity index is 1.36. The van der Waals surface area contributed by atoms with Crippen LogP contribution < -0.4 is 16.0 Å². The van der Waals surface area contributed by atoms with Gasteiger partial charge in [-0.1, -0.05) is 18.2 Å². The first-order valence-electron chi connectivity index (χ1n) is 9.68. The summed E-state index contributed by atoms with van der Waals surface area (Å²) in [5.74, 6) is -0.797. The van der Waals surface area contributed by atoms with Crippen molar-refractivity contribution in [2.24, 2.45) is 0 Å². The molecular formula is C20H21N5O3S. The molecule has 5 rings (SSSR count). The van der Waals surface area contributed by atoms with Crippen molar-refractivity contribution in [2.45, 2.75) is 37.5 Å². The van der Waals surface area contributed by atoms with E-state index in [1.807, 2.05) is 29.8 Å². The van der Waals surface area contributed by atoms with Crippen molar-refractivity contribution >= 4 is 29.1 Å². The van der Waals surface area contributed by atoms with Crippen molar-refractivity contribution in [3.8, 4) is 0 Å². The fourth-order valence-corrected chi connectivity index (χ4v) is 5.10. The van der Waals surface area contributed by atoms with Crippen LogP contribution in [0.25, 0.3) is 0 Å². The maximum absolute atomic E-state index is 13.2. The number of aromatic nitrogens is 1. The third-order valence-corrected chi connectivity index (χ3v) is 6.93. The number of benzene rings is 1. The quantitative estimate of drug-likeness (QED) is 0.619. The summed E-state index contributed by atoms with van der Waals surface area (Å²) in [7, 11) is 0. The standard InChI is InChI=1S/C20H21N5O3S/c26-15-5-4-14(17(27)24-15)25-9-13-3-1-2-12(16(13)18(25)28)8-23-20(10-21-11-20)19-22-6-7-29-19/h1-3,6-7,14,21,23H,4-5,8-11H2,(H,24,26,27). The summed E-state index contributed by atoms with van der Waals surface area (Å²) in [4.78, 5) is 43.0. The van der Waals surface area contributed by atoms with Crippen molar-refractivity contribution in [3.05, 3.63) is 51.5 Å².